The first-order valence-electron chi connectivity index (χ1n) is 6.78. The number of hydrogen-bond donors (Lipinski definition) is 1. The van der Waals surface area contributed by atoms with Crippen LogP contribution in [0, 0.1) is 17.2 Å². The lowest BCUT2D eigenvalue weighted by Gasteiger charge is -2.28. The number of pyridine rings is 1. The van der Waals surface area contributed by atoms with Gasteiger partial charge < -0.3 is 5.32 Å². The maximum Gasteiger partial charge on any atom is 0.235 e. The number of hydrogen-bond acceptors (Lipinski definition) is 4. The van der Waals surface area contributed by atoms with Gasteiger partial charge in [0, 0.05) is 12.7 Å². The zero-order valence-electron chi connectivity index (χ0n) is 12.9. The van der Waals surface area contributed by atoms with E-state index in [0.29, 0.717) is 11.7 Å². The number of likely N-dealkylation sites (N-methyl/N-ethyl adjacent to an activating group) is 1. The maximum atomic E-state index is 12.0. The van der Waals surface area contributed by atoms with Crippen LogP contribution in [0.5, 0.6) is 0 Å². The van der Waals surface area contributed by atoms with Gasteiger partial charge in [-0.2, -0.15) is 5.26 Å². The van der Waals surface area contributed by atoms with Crippen LogP contribution >= 0.6 is 11.6 Å². The summed E-state index contributed by atoms with van der Waals surface area (Å²) in [6.07, 6.45) is 1.68. The summed E-state index contributed by atoms with van der Waals surface area (Å²) in [4.78, 5) is 17.9. The topological polar surface area (TPSA) is 69.0 Å². The first-order chi connectivity index (χ1) is 9.76. The van der Waals surface area contributed by atoms with Gasteiger partial charge in [0.15, 0.2) is 0 Å². The summed E-state index contributed by atoms with van der Waals surface area (Å²) in [6.45, 7) is 6.35. The molecule has 0 aromatic carbocycles. The first-order valence-corrected chi connectivity index (χ1v) is 7.16. The van der Waals surface area contributed by atoms with Crippen LogP contribution < -0.4 is 5.32 Å². The second-order valence-corrected chi connectivity index (χ2v) is 6.07. The summed E-state index contributed by atoms with van der Waals surface area (Å²) >= 11 is 5.73. The third kappa shape index (κ3) is 5.33. The van der Waals surface area contributed by atoms with Gasteiger partial charge in [0.05, 0.1) is 12.6 Å². The molecule has 0 bridgehead atoms. The smallest absolute Gasteiger partial charge is 0.235 e. The first kappa shape index (κ1) is 17.4. The minimum Gasteiger partial charge on any atom is -0.337 e. The predicted octanol–water partition coefficient (Wildman–Crippen LogP) is 2.22. The van der Waals surface area contributed by atoms with Gasteiger partial charge in [-0.05, 0) is 31.5 Å². The van der Waals surface area contributed by atoms with Crippen LogP contribution in [0.3, 0.4) is 0 Å². The summed E-state index contributed by atoms with van der Waals surface area (Å²) in [5, 5.41) is 12.4. The molecule has 1 N–H and O–H groups in total. The van der Waals surface area contributed by atoms with Crippen LogP contribution in [0.25, 0.3) is 0 Å². The molecule has 114 valence electrons. The van der Waals surface area contributed by atoms with Crippen LogP contribution in [0.1, 0.15) is 26.3 Å². The molecule has 6 heteroatoms. The zero-order chi connectivity index (χ0) is 16.0. The SMILES string of the molecule is CC(C)[C@](C)(C#N)NC(=O)CN(C)Cc1ccc(Cl)nc1. The standard InChI is InChI=1S/C15H21ClN4O/c1-11(2)15(3,10-17)19-14(21)9-20(4)8-12-5-6-13(16)18-7-12/h5-7,11H,8-9H2,1-4H3,(H,19,21)/t15-/m0/s1. The quantitative estimate of drug-likeness (QED) is 0.818. The Kier molecular flexibility index (Phi) is 6.13. The van der Waals surface area contributed by atoms with E-state index in [9.17, 15) is 10.1 Å². The molecule has 1 aromatic heterocycles. The fraction of sp³-hybridized carbons (Fsp3) is 0.533. The molecule has 0 spiro atoms. The van der Waals surface area contributed by atoms with E-state index in [2.05, 4.69) is 16.4 Å². The largest absolute Gasteiger partial charge is 0.337 e. The molecular weight excluding hydrogens is 288 g/mol. The van der Waals surface area contributed by atoms with Crippen molar-refractivity contribution in [1.29, 1.82) is 5.26 Å². The van der Waals surface area contributed by atoms with E-state index in [-0.39, 0.29) is 18.4 Å². The fourth-order valence-electron chi connectivity index (χ4n) is 1.74. The van der Waals surface area contributed by atoms with E-state index in [1.165, 1.54) is 0 Å². The van der Waals surface area contributed by atoms with Crippen LogP contribution in [-0.4, -0.2) is 34.9 Å². The van der Waals surface area contributed by atoms with E-state index in [1.807, 2.05) is 31.9 Å². The number of nitrogens with one attached hydrogen (secondary N) is 1. The number of nitrogens with zero attached hydrogens (tertiary/aromatic N) is 3. The molecule has 21 heavy (non-hydrogen) atoms. The number of carbonyl (C=O) groups is 1. The lowest BCUT2D eigenvalue weighted by Crippen LogP contribution is -2.51. The Labute approximate surface area is 130 Å². The Hall–Kier alpha value is -1.64. The molecule has 1 rings (SSSR count). The Bertz CT molecular complexity index is 523. The van der Waals surface area contributed by atoms with Crippen LogP contribution in [0.15, 0.2) is 18.3 Å². The van der Waals surface area contributed by atoms with Gasteiger partial charge in [0.1, 0.15) is 10.7 Å². The van der Waals surface area contributed by atoms with Gasteiger partial charge in [0.2, 0.25) is 5.91 Å². The average Bonchev–Trinajstić information content (AvgIpc) is 2.40. The summed E-state index contributed by atoms with van der Waals surface area (Å²) in [6, 6.07) is 5.75. The van der Waals surface area contributed by atoms with Gasteiger partial charge in [-0.1, -0.05) is 31.5 Å². The van der Waals surface area contributed by atoms with Gasteiger partial charge in [0.25, 0.3) is 0 Å². The number of amides is 1. The molecule has 5 nitrogen and oxygen atoms in total. The molecule has 0 saturated carbocycles. The summed E-state index contributed by atoms with van der Waals surface area (Å²) < 4.78 is 0. The molecule has 1 aromatic rings. The Morgan fingerprint density at radius 1 is 1.57 bits per heavy atom. The summed E-state index contributed by atoms with van der Waals surface area (Å²) in [5.74, 6) is -0.130. The van der Waals surface area contributed by atoms with Gasteiger partial charge in [-0.25, -0.2) is 4.98 Å². The predicted molar refractivity (Wildman–Crippen MR) is 82.6 cm³/mol. The van der Waals surface area contributed by atoms with Crippen molar-refractivity contribution in [3.8, 4) is 6.07 Å². The lowest BCUT2D eigenvalue weighted by molar-refractivity contribution is -0.123. The van der Waals surface area contributed by atoms with Crippen LogP contribution in [0.2, 0.25) is 5.15 Å². The molecule has 1 heterocycles. The highest BCUT2D eigenvalue weighted by Crippen LogP contribution is 2.15. The Morgan fingerprint density at radius 3 is 2.71 bits per heavy atom. The van der Waals surface area contributed by atoms with Crippen molar-refractivity contribution in [2.45, 2.75) is 32.9 Å². The minimum atomic E-state index is -0.847. The Balaban J connectivity index is 2.55. The second-order valence-electron chi connectivity index (χ2n) is 5.68. The van der Waals surface area contributed by atoms with E-state index >= 15 is 0 Å². The summed E-state index contributed by atoms with van der Waals surface area (Å²) in [7, 11) is 1.84. The van der Waals surface area contributed by atoms with Crippen LogP contribution in [0.4, 0.5) is 0 Å². The van der Waals surface area contributed by atoms with Crippen molar-refractivity contribution >= 4 is 17.5 Å². The Morgan fingerprint density at radius 2 is 2.24 bits per heavy atom. The molecule has 0 radical (unpaired) electrons. The van der Waals surface area contributed by atoms with Crippen molar-refractivity contribution in [3.05, 3.63) is 29.0 Å². The van der Waals surface area contributed by atoms with Crippen molar-refractivity contribution in [1.82, 2.24) is 15.2 Å². The number of rotatable bonds is 6. The molecule has 1 atom stereocenters. The van der Waals surface area contributed by atoms with Crippen LogP contribution in [-0.2, 0) is 11.3 Å². The number of carbonyl (C=O) groups excluding carboxylic acids is 1. The number of nitriles is 1. The van der Waals surface area contributed by atoms with Crippen molar-refractivity contribution in [2.24, 2.45) is 5.92 Å². The second kappa shape index (κ2) is 7.39. The normalized spacial score (nSPS) is 13.8. The molecule has 0 unspecified atom stereocenters. The third-order valence-electron chi connectivity index (χ3n) is 3.44. The van der Waals surface area contributed by atoms with E-state index in [0.717, 1.165) is 5.56 Å². The van der Waals surface area contributed by atoms with E-state index < -0.39 is 5.54 Å². The minimum absolute atomic E-state index is 0.0391. The average molecular weight is 309 g/mol. The number of halogens is 1. The fourth-order valence-corrected chi connectivity index (χ4v) is 1.86. The lowest BCUT2D eigenvalue weighted by atomic mass is 9.90. The zero-order valence-corrected chi connectivity index (χ0v) is 13.6. The van der Waals surface area contributed by atoms with Gasteiger partial charge >= 0.3 is 0 Å². The van der Waals surface area contributed by atoms with Crippen molar-refractivity contribution in [2.75, 3.05) is 13.6 Å². The van der Waals surface area contributed by atoms with Gasteiger partial charge in [-0.3, -0.25) is 9.69 Å². The van der Waals surface area contributed by atoms with Gasteiger partial charge in [-0.15, -0.1) is 0 Å². The molecule has 0 aliphatic heterocycles. The number of aromatic nitrogens is 1. The van der Waals surface area contributed by atoms with Crippen molar-refractivity contribution < 1.29 is 4.79 Å². The maximum absolute atomic E-state index is 12.0. The highest BCUT2D eigenvalue weighted by molar-refractivity contribution is 6.29. The third-order valence-corrected chi connectivity index (χ3v) is 3.66. The van der Waals surface area contributed by atoms with E-state index in [1.54, 1.807) is 19.2 Å². The highest BCUT2D eigenvalue weighted by atomic mass is 35.5. The summed E-state index contributed by atoms with van der Waals surface area (Å²) in [5.41, 5.74) is 0.126. The molecule has 1 amide bonds. The monoisotopic (exact) mass is 308 g/mol. The highest BCUT2D eigenvalue weighted by Gasteiger charge is 2.30. The molecule has 0 saturated heterocycles. The van der Waals surface area contributed by atoms with E-state index in [4.69, 9.17) is 11.6 Å². The molecule has 0 aliphatic carbocycles. The molecular formula is C15H21ClN4O. The molecule has 0 fully saturated rings. The molecule has 0 aliphatic rings. The van der Waals surface area contributed by atoms with Crippen molar-refractivity contribution in [3.63, 3.8) is 0 Å².